The number of aromatic nitrogens is 2. The number of amides is 2. The van der Waals surface area contributed by atoms with Gasteiger partial charge < -0.3 is 9.47 Å². The summed E-state index contributed by atoms with van der Waals surface area (Å²) in [5, 5.41) is 9.53. The lowest BCUT2D eigenvalue weighted by Gasteiger charge is -2.21. The summed E-state index contributed by atoms with van der Waals surface area (Å²) in [5.74, 6) is 0.891. The minimum absolute atomic E-state index is 0.105. The molecule has 7 nitrogen and oxygen atoms in total. The molecule has 1 aliphatic heterocycles. The highest BCUT2D eigenvalue weighted by molar-refractivity contribution is 7.22. The summed E-state index contributed by atoms with van der Waals surface area (Å²) in [7, 11) is 0. The third kappa shape index (κ3) is 4.20. The molecule has 0 fully saturated rings. The maximum atomic E-state index is 12.8. The standard InChI is InChI=1S/C25H21N3O4S2/c1-14(2)31-16-8-10-17(11-9-16)32-25-27-26-22(34-25)21-13-12-20(33-21)15(3)28-23(29)18-6-4-5-7-19(18)24(28)30/h4-15H,1-3H3. The SMILES string of the molecule is CC(C)Oc1ccc(Oc2nnc(-c3ccc(C(C)N4C(=O)c5ccccc5C4=O)s3)s2)cc1. The van der Waals surface area contributed by atoms with E-state index in [1.807, 2.05) is 57.2 Å². The van der Waals surface area contributed by atoms with Gasteiger partial charge in [0.1, 0.15) is 11.5 Å². The maximum Gasteiger partial charge on any atom is 0.299 e. The predicted octanol–water partition coefficient (Wildman–Crippen LogP) is 6.20. The van der Waals surface area contributed by atoms with Gasteiger partial charge in [-0.05, 0) is 69.3 Å². The topological polar surface area (TPSA) is 81.6 Å². The first kappa shape index (κ1) is 22.2. The number of fused-ring (bicyclic) bond motifs is 1. The molecule has 0 bridgehead atoms. The highest BCUT2D eigenvalue weighted by atomic mass is 32.1. The Morgan fingerprint density at radius 1 is 0.794 bits per heavy atom. The van der Waals surface area contributed by atoms with Crippen molar-refractivity contribution in [3.63, 3.8) is 0 Å². The van der Waals surface area contributed by atoms with E-state index in [1.54, 1.807) is 24.3 Å². The fourth-order valence-corrected chi connectivity index (χ4v) is 5.50. The first-order chi connectivity index (χ1) is 16.4. The smallest absolute Gasteiger partial charge is 0.299 e. The molecule has 0 saturated carbocycles. The molecule has 1 aliphatic rings. The zero-order valence-corrected chi connectivity index (χ0v) is 20.4. The summed E-state index contributed by atoms with van der Waals surface area (Å²) in [4.78, 5) is 28.7. The van der Waals surface area contributed by atoms with E-state index in [1.165, 1.54) is 27.6 Å². The molecule has 2 aromatic heterocycles. The van der Waals surface area contributed by atoms with Gasteiger partial charge in [0.05, 0.1) is 28.1 Å². The summed E-state index contributed by atoms with van der Waals surface area (Å²) in [6, 6.07) is 17.7. The van der Waals surface area contributed by atoms with Crippen LogP contribution in [0.2, 0.25) is 0 Å². The summed E-state index contributed by atoms with van der Waals surface area (Å²) < 4.78 is 11.5. The number of thiophene rings is 1. The quantitative estimate of drug-likeness (QED) is 0.286. The molecule has 0 radical (unpaired) electrons. The number of hydrogen-bond donors (Lipinski definition) is 0. The van der Waals surface area contributed by atoms with Gasteiger partial charge in [0.2, 0.25) is 0 Å². The molecule has 0 saturated heterocycles. The average Bonchev–Trinajstić information content (AvgIpc) is 3.54. The van der Waals surface area contributed by atoms with Crippen LogP contribution in [0.25, 0.3) is 9.88 Å². The van der Waals surface area contributed by atoms with Crippen molar-refractivity contribution in [3.8, 4) is 26.6 Å². The molecule has 9 heteroatoms. The van der Waals surface area contributed by atoms with Crippen LogP contribution in [0.1, 0.15) is 52.4 Å². The van der Waals surface area contributed by atoms with Crippen molar-refractivity contribution in [2.75, 3.05) is 0 Å². The fraction of sp³-hybridized carbons (Fsp3) is 0.200. The van der Waals surface area contributed by atoms with Crippen molar-refractivity contribution < 1.29 is 19.1 Å². The Bertz CT molecular complexity index is 1330. The van der Waals surface area contributed by atoms with Gasteiger partial charge in [-0.3, -0.25) is 14.5 Å². The Kier molecular flexibility index (Phi) is 5.89. The van der Waals surface area contributed by atoms with Gasteiger partial charge in [-0.25, -0.2) is 0 Å². The first-order valence-corrected chi connectivity index (χ1v) is 12.4. The highest BCUT2D eigenvalue weighted by Gasteiger charge is 2.39. The number of rotatable bonds is 7. The van der Waals surface area contributed by atoms with E-state index < -0.39 is 0 Å². The zero-order valence-electron chi connectivity index (χ0n) is 18.7. The van der Waals surface area contributed by atoms with Crippen LogP contribution in [0.5, 0.6) is 16.7 Å². The van der Waals surface area contributed by atoms with E-state index in [0.29, 0.717) is 27.1 Å². The molecule has 0 aliphatic carbocycles. The molecule has 4 aromatic rings. The number of ether oxygens (including phenoxy) is 2. The lowest BCUT2D eigenvalue weighted by atomic mass is 10.1. The summed E-state index contributed by atoms with van der Waals surface area (Å²) >= 11 is 2.81. The monoisotopic (exact) mass is 491 g/mol. The van der Waals surface area contributed by atoms with E-state index in [2.05, 4.69) is 10.2 Å². The minimum atomic E-state index is -0.388. The number of carbonyl (C=O) groups is 2. The van der Waals surface area contributed by atoms with Gasteiger partial charge >= 0.3 is 0 Å². The molecule has 172 valence electrons. The average molecular weight is 492 g/mol. The van der Waals surface area contributed by atoms with Crippen LogP contribution in [0.4, 0.5) is 0 Å². The van der Waals surface area contributed by atoms with Gasteiger partial charge in [-0.15, -0.1) is 16.4 Å². The highest BCUT2D eigenvalue weighted by Crippen LogP contribution is 2.39. The van der Waals surface area contributed by atoms with Crippen LogP contribution < -0.4 is 9.47 Å². The molecule has 0 N–H and O–H groups in total. The van der Waals surface area contributed by atoms with Gasteiger partial charge in [-0.2, -0.15) is 0 Å². The first-order valence-electron chi connectivity index (χ1n) is 10.8. The largest absolute Gasteiger partial charge is 0.491 e. The molecular formula is C25H21N3O4S2. The predicted molar refractivity (Wildman–Crippen MR) is 131 cm³/mol. The minimum Gasteiger partial charge on any atom is -0.491 e. The second kappa shape index (κ2) is 9.00. The van der Waals surface area contributed by atoms with Crippen molar-refractivity contribution in [1.29, 1.82) is 0 Å². The number of nitrogens with zero attached hydrogens (tertiary/aromatic N) is 3. The van der Waals surface area contributed by atoms with Crippen molar-refractivity contribution in [1.82, 2.24) is 15.1 Å². The number of imide groups is 1. The third-order valence-electron chi connectivity index (χ3n) is 5.27. The third-order valence-corrected chi connectivity index (χ3v) is 7.50. The number of benzene rings is 2. The summed E-state index contributed by atoms with van der Waals surface area (Å²) in [6.45, 7) is 5.81. The molecule has 2 amide bonds. The Morgan fingerprint density at radius 3 is 2.09 bits per heavy atom. The van der Waals surface area contributed by atoms with Gasteiger partial charge in [-0.1, -0.05) is 28.6 Å². The van der Waals surface area contributed by atoms with Crippen LogP contribution in [0, 0.1) is 0 Å². The van der Waals surface area contributed by atoms with E-state index in [9.17, 15) is 9.59 Å². The lowest BCUT2D eigenvalue weighted by molar-refractivity contribution is 0.0597. The molecule has 2 aromatic carbocycles. The molecule has 0 spiro atoms. The van der Waals surface area contributed by atoms with Crippen molar-refractivity contribution in [2.45, 2.75) is 32.9 Å². The lowest BCUT2D eigenvalue weighted by Crippen LogP contribution is -2.32. The Labute approximate surface area is 204 Å². The maximum absolute atomic E-state index is 12.8. The van der Waals surface area contributed by atoms with Gasteiger partial charge in [0.15, 0.2) is 5.01 Å². The van der Waals surface area contributed by atoms with Crippen LogP contribution in [-0.2, 0) is 0 Å². The van der Waals surface area contributed by atoms with E-state index in [0.717, 1.165) is 15.5 Å². The Hall–Kier alpha value is -3.56. The van der Waals surface area contributed by atoms with Gasteiger partial charge in [0, 0.05) is 4.88 Å². The molecule has 5 rings (SSSR count). The number of hydrogen-bond acceptors (Lipinski definition) is 8. The fourth-order valence-electron chi connectivity index (χ4n) is 3.69. The zero-order chi connectivity index (χ0) is 23.8. The Balaban J connectivity index is 1.29. The van der Waals surface area contributed by atoms with E-state index in [-0.39, 0.29) is 24.0 Å². The van der Waals surface area contributed by atoms with Crippen LogP contribution >= 0.6 is 22.7 Å². The van der Waals surface area contributed by atoms with Crippen molar-refractivity contribution >= 4 is 34.5 Å². The summed E-state index contributed by atoms with van der Waals surface area (Å²) in [6.07, 6.45) is 0.105. The normalized spacial score (nSPS) is 13.9. The van der Waals surface area contributed by atoms with Crippen LogP contribution in [0.15, 0.2) is 60.7 Å². The van der Waals surface area contributed by atoms with Crippen molar-refractivity contribution in [3.05, 3.63) is 76.7 Å². The molecule has 1 atom stereocenters. The second-order valence-corrected chi connectivity index (χ2v) is 10.1. The van der Waals surface area contributed by atoms with Gasteiger partial charge in [0.25, 0.3) is 17.0 Å². The van der Waals surface area contributed by atoms with Crippen LogP contribution in [0.3, 0.4) is 0 Å². The Morgan fingerprint density at radius 2 is 1.44 bits per heavy atom. The second-order valence-electron chi connectivity index (χ2n) is 8.02. The van der Waals surface area contributed by atoms with Crippen molar-refractivity contribution in [2.24, 2.45) is 0 Å². The number of carbonyl (C=O) groups excluding carboxylic acids is 2. The molecule has 1 unspecified atom stereocenters. The summed E-state index contributed by atoms with van der Waals surface area (Å²) in [5.41, 5.74) is 0.900. The van der Waals surface area contributed by atoms with E-state index >= 15 is 0 Å². The molecule has 34 heavy (non-hydrogen) atoms. The molecular weight excluding hydrogens is 470 g/mol. The van der Waals surface area contributed by atoms with Crippen LogP contribution in [-0.4, -0.2) is 33.0 Å². The van der Waals surface area contributed by atoms with E-state index in [4.69, 9.17) is 9.47 Å². The molecule has 3 heterocycles.